The average molecular weight is 552 g/mol. The first-order valence-electron chi connectivity index (χ1n) is 13.8. The predicted molar refractivity (Wildman–Crippen MR) is 153 cm³/mol. The van der Waals surface area contributed by atoms with E-state index in [1.54, 1.807) is 22.6 Å². The van der Waals surface area contributed by atoms with Crippen LogP contribution in [0.25, 0.3) is 21.3 Å². The molecule has 4 aromatic rings. The van der Waals surface area contributed by atoms with Crippen LogP contribution >= 0.6 is 11.3 Å². The molecular weight excluding hydrogens is 522 g/mol. The van der Waals surface area contributed by atoms with E-state index in [-0.39, 0.29) is 24.1 Å². The van der Waals surface area contributed by atoms with Crippen molar-refractivity contribution < 1.29 is 14.4 Å². The van der Waals surface area contributed by atoms with Crippen molar-refractivity contribution in [3.63, 3.8) is 0 Å². The van der Waals surface area contributed by atoms with Gasteiger partial charge < -0.3 is 4.90 Å². The molecule has 1 unspecified atom stereocenters. The number of nitrogens with one attached hydrogen (secondary N) is 1. The molecular formula is C31H29N5O3S. The first-order valence-corrected chi connectivity index (χ1v) is 14.7. The fourth-order valence-corrected chi connectivity index (χ4v) is 7.31. The van der Waals surface area contributed by atoms with Crippen molar-refractivity contribution in [2.24, 2.45) is 0 Å². The number of amides is 3. The Hall–Kier alpha value is -3.95. The number of fused-ring (bicyclic) bond motifs is 2. The molecule has 3 aliphatic heterocycles. The number of aromatic nitrogens is 2. The Balaban J connectivity index is 1.03. The maximum Gasteiger partial charge on any atom is 0.255 e. The number of imide groups is 1. The molecule has 0 saturated carbocycles. The van der Waals surface area contributed by atoms with Gasteiger partial charge in [-0.1, -0.05) is 42.5 Å². The first-order chi connectivity index (χ1) is 19.5. The summed E-state index contributed by atoms with van der Waals surface area (Å²) in [7, 11) is 0. The topological polar surface area (TPSA) is 95.5 Å². The SMILES string of the molecule is O=C1CCC(N2Cc3cc(CN4CCC(c5ncnc6scc(-c7ccccc7)c56)CC4)ccc3C2=O)C(=O)N1. The molecule has 5 heterocycles. The summed E-state index contributed by atoms with van der Waals surface area (Å²) in [5.74, 6) is -0.387. The molecule has 3 amide bonds. The molecule has 3 aliphatic rings. The van der Waals surface area contributed by atoms with E-state index in [1.807, 2.05) is 18.2 Å². The van der Waals surface area contributed by atoms with Gasteiger partial charge in [0, 0.05) is 47.3 Å². The summed E-state index contributed by atoms with van der Waals surface area (Å²) in [5.41, 5.74) is 6.37. The minimum Gasteiger partial charge on any atom is -0.322 e. The lowest BCUT2D eigenvalue weighted by atomic mass is 9.90. The quantitative estimate of drug-likeness (QED) is 0.367. The van der Waals surface area contributed by atoms with Crippen LogP contribution in [0.15, 0.2) is 60.2 Å². The van der Waals surface area contributed by atoms with Crippen LogP contribution in [0.2, 0.25) is 0 Å². The number of carbonyl (C=O) groups excluding carboxylic acids is 3. The number of rotatable bonds is 5. The second-order valence-electron chi connectivity index (χ2n) is 10.9. The number of thiophene rings is 1. The summed E-state index contributed by atoms with van der Waals surface area (Å²) in [4.78, 5) is 51.4. The van der Waals surface area contributed by atoms with E-state index in [0.29, 0.717) is 24.4 Å². The van der Waals surface area contributed by atoms with Crippen molar-refractivity contribution in [1.29, 1.82) is 0 Å². The Labute approximate surface area is 236 Å². The van der Waals surface area contributed by atoms with Crippen molar-refractivity contribution in [2.75, 3.05) is 13.1 Å². The highest BCUT2D eigenvalue weighted by Crippen LogP contribution is 2.39. The van der Waals surface area contributed by atoms with Crippen LogP contribution in [0.5, 0.6) is 0 Å². The van der Waals surface area contributed by atoms with Gasteiger partial charge in [0.1, 0.15) is 17.2 Å². The molecule has 9 heteroatoms. The molecule has 1 atom stereocenters. The number of likely N-dealkylation sites (tertiary alicyclic amines) is 1. The molecule has 2 aromatic heterocycles. The van der Waals surface area contributed by atoms with Crippen molar-refractivity contribution in [1.82, 2.24) is 25.1 Å². The van der Waals surface area contributed by atoms with Gasteiger partial charge in [-0.15, -0.1) is 11.3 Å². The maximum absolute atomic E-state index is 13.0. The number of benzene rings is 2. The molecule has 0 radical (unpaired) electrons. The van der Waals surface area contributed by atoms with Crippen LogP contribution < -0.4 is 5.32 Å². The van der Waals surface area contributed by atoms with Gasteiger partial charge in [0.25, 0.3) is 5.91 Å². The van der Waals surface area contributed by atoms with Crippen molar-refractivity contribution in [2.45, 2.75) is 50.7 Å². The molecule has 2 fully saturated rings. The van der Waals surface area contributed by atoms with Crippen LogP contribution in [0, 0.1) is 0 Å². The predicted octanol–water partition coefficient (Wildman–Crippen LogP) is 4.50. The van der Waals surface area contributed by atoms with E-state index >= 15 is 0 Å². The van der Waals surface area contributed by atoms with Gasteiger partial charge in [-0.3, -0.25) is 24.6 Å². The number of piperidine rings is 2. The minimum atomic E-state index is -0.584. The van der Waals surface area contributed by atoms with Gasteiger partial charge >= 0.3 is 0 Å². The second kappa shape index (κ2) is 10.2. The van der Waals surface area contributed by atoms with Crippen LogP contribution in [-0.4, -0.2) is 56.6 Å². The van der Waals surface area contributed by atoms with E-state index < -0.39 is 6.04 Å². The second-order valence-corrected chi connectivity index (χ2v) is 11.8. The molecule has 2 aromatic carbocycles. The Morgan fingerprint density at radius 2 is 1.77 bits per heavy atom. The van der Waals surface area contributed by atoms with Crippen LogP contribution in [0.1, 0.15) is 58.8 Å². The number of hydrogen-bond acceptors (Lipinski definition) is 7. The maximum atomic E-state index is 13.0. The Morgan fingerprint density at radius 3 is 2.58 bits per heavy atom. The normalized spacial score (nSPS) is 20.2. The third-order valence-electron chi connectivity index (χ3n) is 8.45. The highest BCUT2D eigenvalue weighted by molar-refractivity contribution is 7.17. The Bertz CT molecular complexity index is 1630. The molecule has 2 saturated heterocycles. The molecule has 0 bridgehead atoms. The van der Waals surface area contributed by atoms with E-state index in [4.69, 9.17) is 4.98 Å². The number of nitrogens with zero attached hydrogens (tertiary/aromatic N) is 4. The molecule has 1 N–H and O–H groups in total. The van der Waals surface area contributed by atoms with Gasteiger partial charge in [-0.2, -0.15) is 0 Å². The smallest absolute Gasteiger partial charge is 0.255 e. The molecule has 0 aliphatic carbocycles. The molecule has 0 spiro atoms. The zero-order valence-corrected chi connectivity index (χ0v) is 22.8. The molecule has 7 rings (SSSR count). The summed E-state index contributed by atoms with van der Waals surface area (Å²) in [6.45, 7) is 3.17. The molecule has 8 nitrogen and oxygen atoms in total. The summed E-state index contributed by atoms with van der Waals surface area (Å²) >= 11 is 1.68. The lowest BCUT2D eigenvalue weighted by Crippen LogP contribution is -2.52. The lowest BCUT2D eigenvalue weighted by Gasteiger charge is -2.32. The Kier molecular flexibility index (Phi) is 6.40. The average Bonchev–Trinajstić information content (AvgIpc) is 3.55. The number of hydrogen-bond donors (Lipinski definition) is 1. The summed E-state index contributed by atoms with van der Waals surface area (Å²) in [6.07, 6.45) is 4.41. The standard InChI is InChI=1S/C31H29N5O3S/c37-26-9-8-25(29(38)34-26)36-16-22-14-19(6-7-23(22)31(36)39)15-35-12-10-21(11-13-35)28-27-24(20-4-2-1-3-5-20)17-40-30(27)33-18-32-28/h1-7,14,17-18,21,25H,8-13,15-16H2,(H,34,37,38). The van der Waals surface area contributed by atoms with Crippen LogP contribution in [0.4, 0.5) is 0 Å². The van der Waals surface area contributed by atoms with Crippen LogP contribution in [0.3, 0.4) is 0 Å². The molecule has 40 heavy (non-hydrogen) atoms. The summed E-state index contributed by atoms with van der Waals surface area (Å²) in [5, 5.41) is 5.77. The van der Waals surface area contributed by atoms with E-state index in [2.05, 4.69) is 50.9 Å². The summed E-state index contributed by atoms with van der Waals surface area (Å²) < 4.78 is 0. The zero-order chi connectivity index (χ0) is 27.2. The Morgan fingerprint density at radius 1 is 0.950 bits per heavy atom. The third kappa shape index (κ3) is 4.49. The van der Waals surface area contributed by atoms with Gasteiger partial charge in [-0.25, -0.2) is 9.97 Å². The van der Waals surface area contributed by atoms with E-state index in [9.17, 15) is 14.4 Å². The fourth-order valence-electron chi connectivity index (χ4n) is 6.39. The highest BCUT2D eigenvalue weighted by Gasteiger charge is 2.39. The van der Waals surface area contributed by atoms with E-state index in [1.165, 1.54) is 22.1 Å². The number of carbonyl (C=O) groups is 3. The van der Waals surface area contributed by atoms with E-state index in [0.717, 1.165) is 48.6 Å². The van der Waals surface area contributed by atoms with Gasteiger partial charge in [0.2, 0.25) is 11.8 Å². The van der Waals surface area contributed by atoms with Crippen LogP contribution in [-0.2, 0) is 22.7 Å². The molecule has 202 valence electrons. The van der Waals surface area contributed by atoms with Crippen molar-refractivity contribution in [3.8, 4) is 11.1 Å². The fraction of sp³-hybridized carbons (Fsp3) is 0.323. The highest BCUT2D eigenvalue weighted by atomic mass is 32.1. The van der Waals surface area contributed by atoms with Gasteiger partial charge in [0.05, 0.1) is 5.69 Å². The van der Waals surface area contributed by atoms with Crippen molar-refractivity contribution in [3.05, 3.63) is 82.6 Å². The van der Waals surface area contributed by atoms with Crippen molar-refractivity contribution >= 4 is 39.3 Å². The van der Waals surface area contributed by atoms with Gasteiger partial charge in [-0.05, 0) is 55.1 Å². The zero-order valence-electron chi connectivity index (χ0n) is 22.0. The monoisotopic (exact) mass is 551 g/mol. The summed E-state index contributed by atoms with van der Waals surface area (Å²) in [6, 6.07) is 15.9. The third-order valence-corrected chi connectivity index (χ3v) is 9.34. The minimum absolute atomic E-state index is 0.128. The van der Waals surface area contributed by atoms with Gasteiger partial charge in [0.15, 0.2) is 0 Å². The largest absolute Gasteiger partial charge is 0.322 e. The first kappa shape index (κ1) is 25.0. The lowest BCUT2D eigenvalue weighted by molar-refractivity contribution is -0.136.